The van der Waals surface area contributed by atoms with Crippen molar-refractivity contribution in [2.24, 2.45) is 0 Å². The lowest BCUT2D eigenvalue weighted by Gasteiger charge is -2.04. The molecule has 0 aliphatic carbocycles. The van der Waals surface area contributed by atoms with Crippen molar-refractivity contribution in [2.45, 2.75) is 10.9 Å². The van der Waals surface area contributed by atoms with Crippen LogP contribution in [-0.4, -0.2) is 16.5 Å². The third kappa shape index (κ3) is 2.58. The third-order valence-electron chi connectivity index (χ3n) is 2.91. The third-order valence-corrected chi connectivity index (χ3v) is 3.94. The normalized spacial score (nSPS) is 10.8. The average molecular weight is 270 g/mol. The Balaban J connectivity index is 1.78. The summed E-state index contributed by atoms with van der Waals surface area (Å²) >= 11 is 1.73. The number of thioether (sulfide) groups is 1. The molecule has 0 spiro atoms. The lowest BCUT2D eigenvalue weighted by molar-refractivity contribution is 0.414. The van der Waals surface area contributed by atoms with Crippen LogP contribution in [0, 0.1) is 0 Å². The second kappa shape index (κ2) is 5.36. The molecule has 19 heavy (non-hydrogen) atoms. The minimum absolute atomic E-state index is 0.880. The van der Waals surface area contributed by atoms with Gasteiger partial charge < -0.3 is 4.74 Å². The van der Waals surface area contributed by atoms with E-state index < -0.39 is 0 Å². The van der Waals surface area contributed by atoms with Crippen LogP contribution < -0.4 is 4.74 Å². The van der Waals surface area contributed by atoms with E-state index >= 15 is 0 Å². The molecular formula is C15H14N2OS. The van der Waals surface area contributed by atoms with Gasteiger partial charge in [-0.15, -0.1) is 0 Å². The van der Waals surface area contributed by atoms with Gasteiger partial charge in [0.25, 0.3) is 0 Å². The number of ether oxygens (including phenoxy) is 1. The van der Waals surface area contributed by atoms with Gasteiger partial charge in [-0.05, 0) is 29.8 Å². The fourth-order valence-corrected chi connectivity index (χ4v) is 2.84. The highest BCUT2D eigenvalue weighted by Gasteiger charge is 2.04. The summed E-state index contributed by atoms with van der Waals surface area (Å²) in [6, 6.07) is 14.2. The van der Waals surface area contributed by atoms with Gasteiger partial charge in [0.15, 0.2) is 5.16 Å². The molecule has 0 aliphatic heterocycles. The van der Waals surface area contributed by atoms with Crippen molar-refractivity contribution in [3.05, 3.63) is 60.4 Å². The van der Waals surface area contributed by atoms with Gasteiger partial charge in [0.05, 0.1) is 18.8 Å². The van der Waals surface area contributed by atoms with E-state index in [4.69, 9.17) is 4.74 Å². The Morgan fingerprint density at radius 3 is 3.05 bits per heavy atom. The van der Waals surface area contributed by atoms with Gasteiger partial charge in [0.1, 0.15) is 5.75 Å². The minimum atomic E-state index is 0.880. The molecule has 0 bridgehead atoms. The molecule has 0 radical (unpaired) electrons. The summed E-state index contributed by atoms with van der Waals surface area (Å²) in [5, 5.41) is 1.01. The van der Waals surface area contributed by atoms with Crippen LogP contribution in [0.3, 0.4) is 0 Å². The number of hydrogen-bond acceptors (Lipinski definition) is 3. The molecule has 0 atom stereocenters. The monoisotopic (exact) mass is 270 g/mol. The summed E-state index contributed by atoms with van der Waals surface area (Å²) in [6.45, 7) is 0. The van der Waals surface area contributed by atoms with Crippen molar-refractivity contribution >= 4 is 17.3 Å². The average Bonchev–Trinajstić information content (AvgIpc) is 2.89. The Hall–Kier alpha value is -1.94. The highest BCUT2D eigenvalue weighted by atomic mass is 32.2. The zero-order chi connectivity index (χ0) is 13.1. The van der Waals surface area contributed by atoms with E-state index in [-0.39, 0.29) is 0 Å². The molecule has 0 aliphatic rings. The van der Waals surface area contributed by atoms with Gasteiger partial charge in [-0.1, -0.05) is 30.0 Å². The number of hydrogen-bond donors (Lipinski definition) is 0. The summed E-state index contributed by atoms with van der Waals surface area (Å²) in [5.74, 6) is 1.77. The smallest absolute Gasteiger partial charge is 0.172 e. The number of pyridine rings is 1. The minimum Gasteiger partial charge on any atom is -0.497 e. The molecule has 3 aromatic rings. The number of imidazole rings is 1. The first-order chi connectivity index (χ1) is 9.36. The molecule has 96 valence electrons. The van der Waals surface area contributed by atoms with Crippen LogP contribution in [0.1, 0.15) is 5.56 Å². The zero-order valence-electron chi connectivity index (χ0n) is 10.6. The lowest BCUT2D eigenvalue weighted by atomic mass is 10.2. The highest BCUT2D eigenvalue weighted by Crippen LogP contribution is 2.24. The first-order valence-electron chi connectivity index (χ1n) is 6.04. The molecule has 0 saturated heterocycles. The van der Waals surface area contributed by atoms with Gasteiger partial charge >= 0.3 is 0 Å². The van der Waals surface area contributed by atoms with E-state index in [2.05, 4.69) is 27.6 Å². The fourth-order valence-electron chi connectivity index (χ4n) is 1.94. The highest BCUT2D eigenvalue weighted by molar-refractivity contribution is 7.98. The maximum atomic E-state index is 5.23. The summed E-state index contributed by atoms with van der Waals surface area (Å²) < 4.78 is 7.33. The second-order valence-corrected chi connectivity index (χ2v) is 5.12. The lowest BCUT2D eigenvalue weighted by Crippen LogP contribution is -1.88. The van der Waals surface area contributed by atoms with Crippen LogP contribution >= 0.6 is 11.8 Å². The Morgan fingerprint density at radius 2 is 2.16 bits per heavy atom. The Labute approximate surface area is 116 Å². The van der Waals surface area contributed by atoms with E-state index in [9.17, 15) is 0 Å². The topological polar surface area (TPSA) is 26.5 Å². The number of fused-ring (bicyclic) bond motifs is 1. The van der Waals surface area contributed by atoms with Crippen molar-refractivity contribution < 1.29 is 4.74 Å². The molecule has 0 fully saturated rings. The van der Waals surface area contributed by atoms with Gasteiger partial charge in [-0.2, -0.15) is 0 Å². The first kappa shape index (κ1) is 12.1. The first-order valence-corrected chi connectivity index (χ1v) is 7.03. The van der Waals surface area contributed by atoms with E-state index in [1.807, 2.05) is 36.7 Å². The van der Waals surface area contributed by atoms with Crippen molar-refractivity contribution in [3.8, 4) is 5.75 Å². The summed E-state index contributed by atoms with van der Waals surface area (Å²) in [6.07, 6.45) is 3.93. The van der Waals surface area contributed by atoms with E-state index in [0.29, 0.717) is 0 Å². The molecule has 4 heteroatoms. The number of benzene rings is 1. The summed E-state index contributed by atoms with van der Waals surface area (Å²) in [4.78, 5) is 4.45. The predicted octanol–water partition coefficient (Wildman–Crippen LogP) is 3.64. The zero-order valence-corrected chi connectivity index (χ0v) is 11.4. The van der Waals surface area contributed by atoms with Crippen LogP contribution in [0.4, 0.5) is 0 Å². The van der Waals surface area contributed by atoms with Crippen molar-refractivity contribution in [1.82, 2.24) is 9.38 Å². The molecule has 2 aromatic heterocycles. The number of methoxy groups -OCH3 is 1. The van der Waals surface area contributed by atoms with Crippen molar-refractivity contribution in [3.63, 3.8) is 0 Å². The number of aromatic nitrogens is 2. The molecule has 2 heterocycles. The summed E-state index contributed by atoms with van der Waals surface area (Å²) in [5.41, 5.74) is 2.35. The quantitative estimate of drug-likeness (QED) is 0.677. The summed E-state index contributed by atoms with van der Waals surface area (Å²) in [7, 11) is 1.69. The SMILES string of the molecule is COc1cccc(CSc2ncc3ccccn23)c1. The molecule has 0 N–H and O–H groups in total. The molecular weight excluding hydrogens is 256 g/mol. The Kier molecular flexibility index (Phi) is 3.42. The largest absolute Gasteiger partial charge is 0.497 e. The van der Waals surface area contributed by atoms with E-state index in [1.54, 1.807) is 18.9 Å². The van der Waals surface area contributed by atoms with Gasteiger partial charge in [0.2, 0.25) is 0 Å². The fraction of sp³-hybridized carbons (Fsp3) is 0.133. The molecule has 0 unspecified atom stereocenters. The van der Waals surface area contributed by atoms with E-state index in [0.717, 1.165) is 22.2 Å². The van der Waals surface area contributed by atoms with Crippen LogP contribution in [0.25, 0.3) is 5.52 Å². The number of rotatable bonds is 4. The van der Waals surface area contributed by atoms with Crippen LogP contribution in [-0.2, 0) is 5.75 Å². The molecule has 1 aromatic carbocycles. The van der Waals surface area contributed by atoms with Gasteiger partial charge in [-0.3, -0.25) is 4.40 Å². The maximum Gasteiger partial charge on any atom is 0.172 e. The molecule has 0 amide bonds. The maximum absolute atomic E-state index is 5.23. The Bertz CT molecular complexity index is 693. The van der Waals surface area contributed by atoms with Crippen molar-refractivity contribution in [2.75, 3.05) is 7.11 Å². The van der Waals surface area contributed by atoms with Gasteiger partial charge in [0, 0.05) is 11.9 Å². The second-order valence-electron chi connectivity index (χ2n) is 4.18. The van der Waals surface area contributed by atoms with E-state index in [1.165, 1.54) is 5.56 Å². The van der Waals surface area contributed by atoms with Crippen molar-refractivity contribution in [1.29, 1.82) is 0 Å². The predicted molar refractivity (Wildman–Crippen MR) is 77.7 cm³/mol. The standard InChI is InChI=1S/C15H14N2OS/c1-18-14-7-4-5-12(9-14)11-19-15-16-10-13-6-2-3-8-17(13)15/h2-10H,11H2,1H3. The molecule has 3 rings (SSSR count). The Morgan fingerprint density at radius 1 is 1.21 bits per heavy atom. The van der Waals surface area contributed by atoms with Crippen LogP contribution in [0.15, 0.2) is 60.0 Å². The number of nitrogens with zero attached hydrogens (tertiary/aromatic N) is 2. The van der Waals surface area contributed by atoms with Crippen LogP contribution in [0.5, 0.6) is 5.75 Å². The molecule has 3 nitrogen and oxygen atoms in total. The van der Waals surface area contributed by atoms with Gasteiger partial charge in [-0.25, -0.2) is 4.98 Å². The van der Waals surface area contributed by atoms with Crippen LogP contribution in [0.2, 0.25) is 0 Å². The molecule has 0 saturated carbocycles.